The normalized spacial score (nSPS) is 15.5. The quantitative estimate of drug-likeness (QED) is 0.0485. The molecular formula is C57H85N9O12S2. The molecule has 3 amide bonds. The molecule has 0 spiro atoms. The van der Waals surface area contributed by atoms with Crippen LogP contribution in [-0.4, -0.2) is 162 Å². The van der Waals surface area contributed by atoms with Crippen LogP contribution in [0.1, 0.15) is 77.3 Å². The van der Waals surface area contributed by atoms with E-state index in [2.05, 4.69) is 84.8 Å². The van der Waals surface area contributed by atoms with Gasteiger partial charge in [-0.15, -0.1) is 0 Å². The molecule has 3 heterocycles. The lowest BCUT2D eigenvalue weighted by Crippen LogP contribution is -2.50. The first kappa shape index (κ1) is 68.1. The minimum atomic E-state index is -3.75. The monoisotopic (exact) mass is 1150 g/mol. The van der Waals surface area contributed by atoms with Gasteiger partial charge in [-0.1, -0.05) is 106 Å². The molecule has 3 aliphatic rings. The standard InChI is InChI=1S/C23H31N3O5S.C20H24N2O2.C6H12N2O5S.C6H15N.C2H3N/c1-30-17-14-24-32(28,29)26-15-12-23(13-16-26,19-8-4-3-5-9-19)18-22(27)25-20-10-6-7-11-21(20)31-2;1-24-18-10-6-5-9-17(18)22-19(23)15-20(11-13-21-14-12-20)16-7-3-2-4-8-16;1-12-4-2-7-14(10,11)8-3-5-13-6(8)9;1-4-7(5-2)6-3;1-2-3/h3-11,24H,12-18H2,1-2H3,(H,25,27);2-10,21H,11-15H2,1H3,(H,22,23);7H,2-5H2,1H3;4-6H2,1-3H3;1H3. The average molecular weight is 1150 g/mol. The van der Waals surface area contributed by atoms with Gasteiger partial charge in [0.15, 0.2) is 0 Å². The van der Waals surface area contributed by atoms with E-state index in [0.717, 1.165) is 37.2 Å². The zero-order valence-electron chi connectivity index (χ0n) is 47.8. The smallest absolute Gasteiger partial charge is 0.424 e. The fraction of sp³-hybridized carbons (Fsp3) is 0.509. The molecule has 3 saturated heterocycles. The van der Waals surface area contributed by atoms with Crippen LogP contribution in [0.15, 0.2) is 109 Å². The first-order valence-electron chi connectivity index (χ1n) is 26.8. The van der Waals surface area contributed by atoms with E-state index < -0.39 is 31.9 Å². The van der Waals surface area contributed by atoms with Crippen LogP contribution in [0.3, 0.4) is 0 Å². The van der Waals surface area contributed by atoms with Crippen molar-refractivity contribution < 1.29 is 54.9 Å². The Morgan fingerprint density at radius 1 is 0.637 bits per heavy atom. The van der Waals surface area contributed by atoms with Crippen molar-refractivity contribution in [3.63, 3.8) is 0 Å². The second kappa shape index (κ2) is 36.2. The number of nitriles is 1. The number of hydrogen-bond acceptors (Lipinski definition) is 15. The van der Waals surface area contributed by atoms with Gasteiger partial charge < -0.3 is 44.5 Å². The Morgan fingerprint density at radius 3 is 1.41 bits per heavy atom. The summed E-state index contributed by atoms with van der Waals surface area (Å²) in [5.74, 6) is 1.18. The summed E-state index contributed by atoms with van der Waals surface area (Å²) in [4.78, 5) is 39.1. The van der Waals surface area contributed by atoms with Gasteiger partial charge in [-0.05, 0) is 93.8 Å². The molecular weight excluding hydrogens is 1070 g/mol. The van der Waals surface area contributed by atoms with Crippen molar-refractivity contribution in [1.82, 2.24) is 28.3 Å². The molecule has 0 unspecified atom stereocenters. The molecule has 0 aromatic heterocycles. The largest absolute Gasteiger partial charge is 0.495 e. The molecule has 7 rings (SSSR count). The van der Waals surface area contributed by atoms with Crippen LogP contribution < -0.4 is 34.9 Å². The number of cyclic esters (lactones) is 1. The summed E-state index contributed by atoms with van der Waals surface area (Å²) in [5, 5.41) is 16.7. The van der Waals surface area contributed by atoms with Crippen molar-refractivity contribution in [2.75, 3.05) is 124 Å². The number of hydrogen-bond donors (Lipinski definition) is 5. The maximum absolute atomic E-state index is 13.1. The lowest BCUT2D eigenvalue weighted by molar-refractivity contribution is -0.118. The highest BCUT2D eigenvalue weighted by Gasteiger charge is 2.41. The number of ether oxygens (including phenoxy) is 5. The fourth-order valence-corrected chi connectivity index (χ4v) is 11.5. The van der Waals surface area contributed by atoms with Crippen LogP contribution in [0.4, 0.5) is 16.2 Å². The molecule has 3 fully saturated rings. The molecule has 5 N–H and O–H groups in total. The summed E-state index contributed by atoms with van der Waals surface area (Å²) in [6, 6.07) is 36.8. The van der Waals surface area contributed by atoms with E-state index in [9.17, 15) is 31.2 Å². The second-order valence-corrected chi connectivity index (χ2v) is 22.0. The third kappa shape index (κ3) is 22.0. The molecule has 0 aliphatic carbocycles. The van der Waals surface area contributed by atoms with Crippen LogP contribution in [-0.2, 0) is 55.0 Å². The van der Waals surface area contributed by atoms with E-state index in [-0.39, 0.29) is 56.5 Å². The van der Waals surface area contributed by atoms with Gasteiger partial charge in [-0.3, -0.25) is 9.59 Å². The molecule has 4 aromatic carbocycles. The van der Waals surface area contributed by atoms with Gasteiger partial charge >= 0.3 is 16.3 Å². The molecule has 0 radical (unpaired) electrons. The number of para-hydroxylation sites is 4. The van der Waals surface area contributed by atoms with Gasteiger partial charge in [0, 0.05) is 71.0 Å². The van der Waals surface area contributed by atoms with Crippen molar-refractivity contribution in [1.29, 1.82) is 5.26 Å². The number of rotatable bonds is 23. The van der Waals surface area contributed by atoms with Gasteiger partial charge in [0.25, 0.3) is 10.2 Å². The number of piperidine rings is 2. The highest BCUT2D eigenvalue weighted by atomic mass is 32.2. The first-order chi connectivity index (χ1) is 38.5. The predicted molar refractivity (Wildman–Crippen MR) is 312 cm³/mol. The summed E-state index contributed by atoms with van der Waals surface area (Å²) >= 11 is 0. The number of nitrogens with one attached hydrogen (secondary N) is 5. The van der Waals surface area contributed by atoms with Crippen LogP contribution in [0, 0.1) is 11.3 Å². The first-order valence-corrected chi connectivity index (χ1v) is 29.7. The van der Waals surface area contributed by atoms with E-state index in [1.807, 2.05) is 72.8 Å². The highest BCUT2D eigenvalue weighted by molar-refractivity contribution is 7.87. The lowest BCUT2D eigenvalue weighted by Gasteiger charge is -2.41. The molecule has 21 nitrogen and oxygen atoms in total. The summed E-state index contributed by atoms with van der Waals surface area (Å²) in [6.07, 6.45) is 2.92. The van der Waals surface area contributed by atoms with Crippen molar-refractivity contribution in [2.24, 2.45) is 0 Å². The van der Waals surface area contributed by atoms with Crippen molar-refractivity contribution in [3.05, 3.63) is 120 Å². The second-order valence-electron chi connectivity index (χ2n) is 18.6. The SMILES string of the molecule is CC#N.CCN(CC)CC.COCCNS(=O)(=O)N1CCC(CC(=O)Nc2ccccc2OC)(c2ccccc2)CC1.COCCNS(=O)(=O)N1CCOC1=O.COc1ccccc1NC(=O)CC1(c2ccccc2)CCNCC1. The van der Waals surface area contributed by atoms with Gasteiger partial charge in [-0.2, -0.15) is 40.2 Å². The Morgan fingerprint density at radius 2 is 1.04 bits per heavy atom. The van der Waals surface area contributed by atoms with Gasteiger partial charge in [0.05, 0.1) is 51.4 Å². The lowest BCUT2D eigenvalue weighted by atomic mass is 9.70. The number of carbonyl (C=O) groups is 3. The summed E-state index contributed by atoms with van der Waals surface area (Å²) < 4.78 is 79.6. The maximum Gasteiger partial charge on any atom is 0.424 e. The Bertz CT molecular complexity index is 2700. The number of benzene rings is 4. The zero-order valence-corrected chi connectivity index (χ0v) is 49.5. The molecule has 3 aliphatic heterocycles. The molecule has 4 aromatic rings. The van der Waals surface area contributed by atoms with E-state index in [1.165, 1.54) is 50.6 Å². The molecule has 0 bridgehead atoms. The number of carbonyl (C=O) groups excluding carboxylic acids is 3. The van der Waals surface area contributed by atoms with E-state index in [4.69, 9.17) is 19.5 Å². The molecule has 442 valence electrons. The topological polar surface area (TPSA) is 259 Å². The number of nitrogens with zero attached hydrogens (tertiary/aromatic N) is 4. The third-order valence-electron chi connectivity index (χ3n) is 13.6. The van der Waals surface area contributed by atoms with Gasteiger partial charge in [0.2, 0.25) is 11.8 Å². The number of amides is 3. The Kier molecular flexibility index (Phi) is 30.8. The summed E-state index contributed by atoms with van der Waals surface area (Å²) in [5.41, 5.74) is 3.08. The van der Waals surface area contributed by atoms with Gasteiger partial charge in [0.1, 0.15) is 18.1 Å². The van der Waals surface area contributed by atoms with Crippen molar-refractivity contribution in [3.8, 4) is 17.6 Å². The van der Waals surface area contributed by atoms with Crippen molar-refractivity contribution in [2.45, 2.75) is 77.0 Å². The minimum absolute atomic E-state index is 0.0326. The number of methoxy groups -OCH3 is 4. The van der Waals surface area contributed by atoms with Crippen LogP contribution in [0.25, 0.3) is 0 Å². The predicted octanol–water partition coefficient (Wildman–Crippen LogP) is 6.68. The van der Waals surface area contributed by atoms with E-state index in [0.29, 0.717) is 60.5 Å². The zero-order chi connectivity index (χ0) is 58.9. The fourth-order valence-electron chi connectivity index (χ4n) is 9.26. The molecule has 80 heavy (non-hydrogen) atoms. The van der Waals surface area contributed by atoms with Crippen LogP contribution >= 0.6 is 0 Å². The van der Waals surface area contributed by atoms with Crippen LogP contribution in [0.5, 0.6) is 11.5 Å². The molecule has 0 atom stereocenters. The summed E-state index contributed by atoms with van der Waals surface area (Å²) in [6.45, 7) is 15.2. The van der Waals surface area contributed by atoms with E-state index >= 15 is 0 Å². The third-order valence-corrected chi connectivity index (χ3v) is 16.7. The van der Waals surface area contributed by atoms with Gasteiger partial charge in [-0.25, -0.2) is 4.79 Å². The van der Waals surface area contributed by atoms with Crippen molar-refractivity contribution >= 4 is 49.7 Å². The molecule has 23 heteroatoms. The maximum atomic E-state index is 13.1. The molecule has 0 saturated carbocycles. The number of anilines is 2. The van der Waals surface area contributed by atoms with E-state index in [1.54, 1.807) is 32.4 Å². The average Bonchev–Trinajstić information content (AvgIpc) is 3.95. The minimum Gasteiger partial charge on any atom is -0.495 e. The highest BCUT2D eigenvalue weighted by Crippen LogP contribution is 2.40. The Labute approximate surface area is 475 Å². The Hall–Kier alpha value is -6.20. The summed E-state index contributed by atoms with van der Waals surface area (Å²) in [7, 11) is -1.18. The van der Waals surface area contributed by atoms with Crippen LogP contribution in [0.2, 0.25) is 0 Å². The Balaban J connectivity index is 0.000000306.